The van der Waals surface area contributed by atoms with Gasteiger partial charge in [0.2, 0.25) is 0 Å². The summed E-state index contributed by atoms with van der Waals surface area (Å²) in [4.78, 5) is 13.4. The van der Waals surface area contributed by atoms with Crippen molar-refractivity contribution in [2.75, 3.05) is 13.1 Å². The number of likely N-dealkylation sites (tertiary alicyclic amines) is 1. The lowest BCUT2D eigenvalue weighted by Gasteiger charge is -2.31. The van der Waals surface area contributed by atoms with Gasteiger partial charge in [0.15, 0.2) is 0 Å². The molecule has 0 aliphatic carbocycles. The third kappa shape index (κ3) is 3.98. The molecule has 0 aromatic rings. The molecule has 1 aliphatic rings. The van der Waals surface area contributed by atoms with Gasteiger partial charge in [-0.3, -0.25) is 9.69 Å². The van der Waals surface area contributed by atoms with Gasteiger partial charge in [-0.1, -0.05) is 39.0 Å². The highest BCUT2D eigenvalue weighted by Gasteiger charge is 2.42. The van der Waals surface area contributed by atoms with E-state index in [1.54, 1.807) is 0 Å². The normalized spacial score (nSPS) is 25.3. The Morgan fingerprint density at radius 1 is 1.24 bits per heavy atom. The van der Waals surface area contributed by atoms with Crippen LogP contribution in [-0.2, 0) is 4.79 Å². The van der Waals surface area contributed by atoms with E-state index in [1.165, 1.54) is 32.1 Å². The van der Waals surface area contributed by atoms with Crippen LogP contribution in [-0.4, -0.2) is 34.6 Å². The lowest BCUT2D eigenvalue weighted by Crippen LogP contribution is -2.48. The van der Waals surface area contributed by atoms with Gasteiger partial charge in [0, 0.05) is 0 Å². The van der Waals surface area contributed by atoms with Gasteiger partial charge in [-0.25, -0.2) is 0 Å². The molecule has 1 aliphatic heterocycles. The molecular weight excluding hydrogens is 214 g/mol. The van der Waals surface area contributed by atoms with Crippen LogP contribution in [0, 0.1) is 0 Å². The summed E-state index contributed by atoms with van der Waals surface area (Å²) in [5.74, 6) is -0.652. The first-order chi connectivity index (χ1) is 8.11. The average molecular weight is 241 g/mol. The number of unbranched alkanes of at least 4 members (excludes halogenated alkanes) is 5. The molecule has 1 fully saturated rings. The van der Waals surface area contributed by atoms with Crippen LogP contribution in [0.3, 0.4) is 0 Å². The first-order valence-electron chi connectivity index (χ1n) is 7.09. The molecule has 0 amide bonds. The molecule has 17 heavy (non-hydrogen) atoms. The minimum atomic E-state index is -0.652. The molecule has 0 aromatic heterocycles. The Bertz CT molecular complexity index is 242. The van der Waals surface area contributed by atoms with Gasteiger partial charge in [0.25, 0.3) is 0 Å². The van der Waals surface area contributed by atoms with Crippen LogP contribution >= 0.6 is 0 Å². The molecule has 0 spiro atoms. The summed E-state index contributed by atoms with van der Waals surface area (Å²) in [7, 11) is 0. The fourth-order valence-electron chi connectivity index (χ4n) is 2.70. The highest BCUT2D eigenvalue weighted by molar-refractivity contribution is 5.78. The minimum Gasteiger partial charge on any atom is -0.480 e. The SMILES string of the molecule is CCCCCCCCN1CCCC1(C)C(=O)O. The van der Waals surface area contributed by atoms with Crippen LogP contribution in [0.15, 0.2) is 0 Å². The predicted molar refractivity (Wildman–Crippen MR) is 70.2 cm³/mol. The van der Waals surface area contributed by atoms with Crippen molar-refractivity contribution < 1.29 is 9.90 Å². The largest absolute Gasteiger partial charge is 0.480 e. The number of aliphatic carboxylic acids is 1. The first-order valence-corrected chi connectivity index (χ1v) is 7.09. The van der Waals surface area contributed by atoms with Gasteiger partial charge in [-0.2, -0.15) is 0 Å². The molecule has 1 N–H and O–H groups in total. The third-order valence-electron chi connectivity index (χ3n) is 4.03. The molecule has 100 valence electrons. The molecule has 0 bridgehead atoms. The maximum absolute atomic E-state index is 11.3. The van der Waals surface area contributed by atoms with E-state index in [1.807, 2.05) is 6.92 Å². The number of hydrogen-bond donors (Lipinski definition) is 1. The van der Waals surface area contributed by atoms with Crippen LogP contribution in [0.25, 0.3) is 0 Å². The number of carboxylic acid groups (broad SMARTS) is 1. The summed E-state index contributed by atoms with van der Waals surface area (Å²) in [5, 5.41) is 9.27. The molecule has 1 atom stereocenters. The second-order valence-electron chi connectivity index (χ2n) is 5.44. The quantitative estimate of drug-likeness (QED) is 0.663. The fourth-order valence-corrected chi connectivity index (χ4v) is 2.70. The van der Waals surface area contributed by atoms with Crippen molar-refractivity contribution in [2.24, 2.45) is 0 Å². The summed E-state index contributed by atoms with van der Waals surface area (Å²) in [6.07, 6.45) is 9.45. The zero-order chi connectivity index (χ0) is 12.7. The summed E-state index contributed by atoms with van der Waals surface area (Å²) in [6.45, 7) is 6.01. The molecule has 1 heterocycles. The van der Waals surface area contributed by atoms with Gasteiger partial charge in [0.1, 0.15) is 5.54 Å². The van der Waals surface area contributed by atoms with Crippen molar-refractivity contribution in [1.29, 1.82) is 0 Å². The van der Waals surface area contributed by atoms with E-state index >= 15 is 0 Å². The Kier molecular flexibility index (Phi) is 5.96. The van der Waals surface area contributed by atoms with E-state index < -0.39 is 11.5 Å². The fraction of sp³-hybridized carbons (Fsp3) is 0.929. The number of rotatable bonds is 8. The Hall–Kier alpha value is -0.570. The monoisotopic (exact) mass is 241 g/mol. The van der Waals surface area contributed by atoms with Gasteiger partial charge in [0.05, 0.1) is 0 Å². The molecular formula is C14H27NO2. The van der Waals surface area contributed by atoms with Crippen molar-refractivity contribution in [1.82, 2.24) is 4.90 Å². The van der Waals surface area contributed by atoms with Crippen molar-refractivity contribution in [3.63, 3.8) is 0 Å². The van der Waals surface area contributed by atoms with Gasteiger partial charge < -0.3 is 5.11 Å². The number of carboxylic acids is 1. The summed E-state index contributed by atoms with van der Waals surface area (Å²) in [6, 6.07) is 0. The molecule has 1 saturated heterocycles. The molecule has 0 radical (unpaired) electrons. The Morgan fingerprint density at radius 2 is 1.88 bits per heavy atom. The second kappa shape index (κ2) is 7.00. The number of nitrogens with zero attached hydrogens (tertiary/aromatic N) is 1. The third-order valence-corrected chi connectivity index (χ3v) is 4.03. The predicted octanol–water partition coefficient (Wildman–Crippen LogP) is 3.29. The van der Waals surface area contributed by atoms with Gasteiger partial charge in [-0.05, 0) is 39.3 Å². The van der Waals surface area contributed by atoms with Crippen LogP contribution in [0.2, 0.25) is 0 Å². The number of carbonyl (C=O) groups is 1. The minimum absolute atomic E-state index is 0.594. The van der Waals surface area contributed by atoms with Crippen molar-refractivity contribution in [3.8, 4) is 0 Å². The highest BCUT2D eigenvalue weighted by atomic mass is 16.4. The van der Waals surface area contributed by atoms with Crippen LogP contribution < -0.4 is 0 Å². The van der Waals surface area contributed by atoms with Gasteiger partial charge in [-0.15, -0.1) is 0 Å². The zero-order valence-corrected chi connectivity index (χ0v) is 11.4. The smallest absolute Gasteiger partial charge is 0.323 e. The van der Waals surface area contributed by atoms with Crippen molar-refractivity contribution in [2.45, 2.75) is 70.8 Å². The lowest BCUT2D eigenvalue weighted by molar-refractivity contribution is -0.148. The first kappa shape index (κ1) is 14.5. The Balaban J connectivity index is 2.20. The molecule has 3 heteroatoms. The Labute approximate surface area is 105 Å². The van der Waals surface area contributed by atoms with Crippen molar-refractivity contribution >= 4 is 5.97 Å². The van der Waals surface area contributed by atoms with Crippen molar-refractivity contribution in [3.05, 3.63) is 0 Å². The highest BCUT2D eigenvalue weighted by Crippen LogP contribution is 2.29. The van der Waals surface area contributed by atoms with Gasteiger partial charge >= 0.3 is 5.97 Å². The topological polar surface area (TPSA) is 40.5 Å². The lowest BCUT2D eigenvalue weighted by atomic mass is 9.99. The molecule has 1 unspecified atom stereocenters. The molecule has 1 rings (SSSR count). The summed E-state index contributed by atoms with van der Waals surface area (Å²) >= 11 is 0. The van der Waals surface area contributed by atoms with E-state index in [9.17, 15) is 9.90 Å². The standard InChI is InChI=1S/C14H27NO2/c1-3-4-5-6-7-8-11-15-12-9-10-14(15,2)13(16)17/h3-12H2,1-2H3,(H,16,17). The maximum Gasteiger partial charge on any atom is 0.323 e. The maximum atomic E-state index is 11.3. The van der Waals surface area contributed by atoms with Crippen LogP contribution in [0.5, 0.6) is 0 Å². The molecule has 3 nitrogen and oxygen atoms in total. The van der Waals surface area contributed by atoms with Crippen LogP contribution in [0.1, 0.15) is 65.2 Å². The molecule has 0 saturated carbocycles. The summed E-state index contributed by atoms with van der Waals surface area (Å²) in [5.41, 5.74) is -0.594. The zero-order valence-electron chi connectivity index (χ0n) is 11.4. The second-order valence-corrected chi connectivity index (χ2v) is 5.44. The molecule has 0 aromatic carbocycles. The summed E-state index contributed by atoms with van der Waals surface area (Å²) < 4.78 is 0. The van der Waals surface area contributed by atoms with E-state index in [0.717, 1.165) is 32.4 Å². The van der Waals surface area contributed by atoms with E-state index in [2.05, 4.69) is 11.8 Å². The number of hydrogen-bond acceptors (Lipinski definition) is 2. The average Bonchev–Trinajstić information content (AvgIpc) is 2.67. The Morgan fingerprint density at radius 3 is 2.53 bits per heavy atom. The van der Waals surface area contributed by atoms with E-state index in [4.69, 9.17) is 0 Å². The van der Waals surface area contributed by atoms with Crippen LogP contribution in [0.4, 0.5) is 0 Å². The van der Waals surface area contributed by atoms with E-state index in [-0.39, 0.29) is 0 Å². The van der Waals surface area contributed by atoms with E-state index in [0.29, 0.717) is 0 Å².